The highest BCUT2D eigenvalue weighted by molar-refractivity contribution is 7.89. The number of carbonyl (C=O) groups is 1. The molecule has 3 rings (SSSR count). The minimum Gasteiger partial charge on any atom is -0.459 e. The molecule has 0 unspecified atom stereocenters. The number of benzene rings is 2. The van der Waals surface area contributed by atoms with Crippen LogP contribution in [0.5, 0.6) is 0 Å². The van der Waals surface area contributed by atoms with Gasteiger partial charge < -0.3 is 4.74 Å². The van der Waals surface area contributed by atoms with E-state index < -0.39 is 22.0 Å². The molecular weight excluding hydrogens is 390 g/mol. The van der Waals surface area contributed by atoms with Gasteiger partial charge in [0.25, 0.3) is 0 Å². The maximum absolute atomic E-state index is 12.6. The summed E-state index contributed by atoms with van der Waals surface area (Å²) >= 11 is 0. The summed E-state index contributed by atoms with van der Waals surface area (Å²) in [5.74, 6) is -0.917. The van der Waals surface area contributed by atoms with Crippen molar-refractivity contribution in [2.24, 2.45) is 5.92 Å². The lowest BCUT2D eigenvalue weighted by Gasteiger charge is -2.20. The van der Waals surface area contributed by atoms with Crippen LogP contribution in [-0.2, 0) is 26.2 Å². The second-order valence-electron chi connectivity index (χ2n) is 6.89. The van der Waals surface area contributed by atoms with E-state index in [1.54, 1.807) is 49.1 Å². The van der Waals surface area contributed by atoms with Crippen molar-refractivity contribution in [3.8, 4) is 5.69 Å². The third-order valence-corrected chi connectivity index (χ3v) is 5.75. The Labute approximate surface area is 170 Å². The van der Waals surface area contributed by atoms with Gasteiger partial charge in [-0.1, -0.05) is 50.2 Å². The average Bonchev–Trinajstić information content (AvgIpc) is 3.20. The van der Waals surface area contributed by atoms with Crippen molar-refractivity contribution in [3.05, 3.63) is 78.6 Å². The normalized spacial score (nSPS) is 12.7. The Kier molecular flexibility index (Phi) is 6.46. The first-order valence-electron chi connectivity index (χ1n) is 9.20. The van der Waals surface area contributed by atoms with Crippen LogP contribution in [0.2, 0.25) is 0 Å². The van der Waals surface area contributed by atoms with Crippen molar-refractivity contribution in [1.82, 2.24) is 14.5 Å². The number of nitrogens with zero attached hydrogens (tertiary/aromatic N) is 2. The third-order valence-electron chi connectivity index (χ3n) is 4.29. The molecule has 0 amide bonds. The first-order chi connectivity index (χ1) is 13.9. The Balaban J connectivity index is 1.65. The van der Waals surface area contributed by atoms with Crippen LogP contribution in [0.3, 0.4) is 0 Å². The van der Waals surface area contributed by atoms with Crippen molar-refractivity contribution in [3.63, 3.8) is 0 Å². The number of hydrogen-bond donors (Lipinski definition) is 1. The third kappa shape index (κ3) is 5.30. The van der Waals surface area contributed by atoms with Gasteiger partial charge in [-0.05, 0) is 30.2 Å². The molecule has 1 aromatic heterocycles. The highest BCUT2D eigenvalue weighted by Crippen LogP contribution is 2.14. The van der Waals surface area contributed by atoms with Gasteiger partial charge in [-0.25, -0.2) is 13.1 Å². The smallest absolute Gasteiger partial charge is 0.324 e. The first kappa shape index (κ1) is 20.8. The number of sulfonamides is 1. The Morgan fingerprint density at radius 1 is 1.07 bits per heavy atom. The molecule has 0 aliphatic heterocycles. The Morgan fingerprint density at radius 2 is 1.69 bits per heavy atom. The van der Waals surface area contributed by atoms with Gasteiger partial charge in [-0.15, -0.1) is 0 Å². The molecule has 1 N–H and O–H groups in total. The van der Waals surface area contributed by atoms with Crippen LogP contribution >= 0.6 is 0 Å². The van der Waals surface area contributed by atoms with Crippen LogP contribution in [0.4, 0.5) is 0 Å². The average molecular weight is 413 g/mol. The number of ether oxygens (including phenoxy) is 1. The van der Waals surface area contributed by atoms with Crippen LogP contribution in [0.25, 0.3) is 5.69 Å². The number of hydrogen-bond acceptors (Lipinski definition) is 5. The van der Waals surface area contributed by atoms with Gasteiger partial charge in [0, 0.05) is 11.8 Å². The topological polar surface area (TPSA) is 90.3 Å². The fourth-order valence-corrected chi connectivity index (χ4v) is 4.05. The minimum atomic E-state index is -3.83. The summed E-state index contributed by atoms with van der Waals surface area (Å²) in [6.45, 7) is 3.52. The second kappa shape index (κ2) is 9.02. The molecule has 0 saturated carbocycles. The van der Waals surface area contributed by atoms with Crippen molar-refractivity contribution in [2.75, 3.05) is 0 Å². The summed E-state index contributed by atoms with van der Waals surface area (Å²) in [4.78, 5) is 12.7. The fourth-order valence-electron chi connectivity index (χ4n) is 2.69. The van der Waals surface area contributed by atoms with E-state index in [-0.39, 0.29) is 17.4 Å². The zero-order valence-corrected chi connectivity index (χ0v) is 17.0. The largest absolute Gasteiger partial charge is 0.459 e. The lowest BCUT2D eigenvalue weighted by molar-refractivity contribution is -0.148. The molecule has 0 aliphatic carbocycles. The van der Waals surface area contributed by atoms with Crippen molar-refractivity contribution in [1.29, 1.82) is 0 Å². The summed E-state index contributed by atoms with van der Waals surface area (Å²) in [5, 5.41) is 4.26. The van der Waals surface area contributed by atoms with Crippen LogP contribution < -0.4 is 4.72 Å². The van der Waals surface area contributed by atoms with E-state index in [9.17, 15) is 13.2 Å². The number of carbonyl (C=O) groups excluding carboxylic acids is 1. The predicted molar refractivity (Wildman–Crippen MR) is 109 cm³/mol. The molecule has 1 heterocycles. The van der Waals surface area contributed by atoms with E-state index in [0.29, 0.717) is 5.56 Å². The maximum Gasteiger partial charge on any atom is 0.324 e. The zero-order chi connectivity index (χ0) is 20.9. The Hall–Kier alpha value is -2.97. The first-order valence-corrected chi connectivity index (χ1v) is 10.7. The van der Waals surface area contributed by atoms with Crippen molar-refractivity contribution >= 4 is 16.0 Å². The van der Waals surface area contributed by atoms with Crippen molar-refractivity contribution in [2.45, 2.75) is 31.4 Å². The molecule has 0 fully saturated rings. The number of nitrogens with one attached hydrogen (secondary N) is 1. The van der Waals surface area contributed by atoms with E-state index in [2.05, 4.69) is 9.82 Å². The minimum absolute atomic E-state index is 0.00194. The Bertz CT molecular complexity index is 1050. The molecule has 1 atom stereocenters. The maximum atomic E-state index is 12.6. The quantitative estimate of drug-likeness (QED) is 0.574. The predicted octanol–water partition coefficient (Wildman–Crippen LogP) is 2.92. The molecule has 0 saturated heterocycles. The molecule has 0 aliphatic rings. The zero-order valence-electron chi connectivity index (χ0n) is 16.2. The van der Waals surface area contributed by atoms with Crippen LogP contribution in [0.1, 0.15) is 19.4 Å². The van der Waals surface area contributed by atoms with Crippen LogP contribution in [0.15, 0.2) is 78.0 Å². The van der Waals surface area contributed by atoms with E-state index in [0.717, 1.165) is 5.69 Å². The number of esters is 1. The van der Waals surface area contributed by atoms with E-state index in [1.165, 1.54) is 12.1 Å². The molecule has 2 aromatic carbocycles. The summed E-state index contributed by atoms with van der Waals surface area (Å²) in [6.07, 6.45) is 3.37. The molecule has 0 bridgehead atoms. The van der Waals surface area contributed by atoms with Gasteiger partial charge in [0.15, 0.2) is 0 Å². The van der Waals surface area contributed by atoms with Gasteiger partial charge in [0.2, 0.25) is 10.0 Å². The van der Waals surface area contributed by atoms with Crippen LogP contribution in [-0.4, -0.2) is 30.2 Å². The molecule has 29 heavy (non-hydrogen) atoms. The van der Waals surface area contributed by atoms with Gasteiger partial charge in [0.05, 0.1) is 16.8 Å². The highest BCUT2D eigenvalue weighted by atomic mass is 32.2. The summed E-state index contributed by atoms with van der Waals surface area (Å²) in [6, 6.07) is 16.5. The molecule has 8 heteroatoms. The highest BCUT2D eigenvalue weighted by Gasteiger charge is 2.29. The van der Waals surface area contributed by atoms with Gasteiger partial charge in [-0.3, -0.25) is 4.79 Å². The fraction of sp³-hybridized carbons (Fsp3) is 0.238. The van der Waals surface area contributed by atoms with Crippen LogP contribution in [0, 0.1) is 5.92 Å². The molecule has 0 spiro atoms. The molecule has 0 radical (unpaired) electrons. The van der Waals surface area contributed by atoms with E-state index in [1.807, 2.05) is 30.3 Å². The van der Waals surface area contributed by atoms with Gasteiger partial charge in [-0.2, -0.15) is 9.82 Å². The van der Waals surface area contributed by atoms with Gasteiger partial charge >= 0.3 is 5.97 Å². The second-order valence-corrected chi connectivity index (χ2v) is 8.61. The lowest BCUT2D eigenvalue weighted by Crippen LogP contribution is -2.45. The lowest BCUT2D eigenvalue weighted by atomic mass is 10.1. The molecule has 3 aromatic rings. The number of aromatic nitrogens is 2. The monoisotopic (exact) mass is 413 g/mol. The Morgan fingerprint density at radius 3 is 2.31 bits per heavy atom. The van der Waals surface area contributed by atoms with E-state index >= 15 is 0 Å². The van der Waals surface area contributed by atoms with Crippen molar-refractivity contribution < 1.29 is 17.9 Å². The van der Waals surface area contributed by atoms with Gasteiger partial charge in [0.1, 0.15) is 12.6 Å². The van der Waals surface area contributed by atoms with E-state index in [4.69, 9.17) is 4.74 Å². The summed E-state index contributed by atoms with van der Waals surface area (Å²) in [7, 11) is -3.83. The number of para-hydroxylation sites is 1. The number of rotatable bonds is 8. The SMILES string of the molecule is CC(C)[C@H](NS(=O)(=O)c1ccccc1)C(=O)OCc1cnn(-c2ccccc2)c1. The standard InChI is InChI=1S/C21H23N3O4S/c1-16(2)20(23-29(26,27)19-11-7-4-8-12-19)21(25)28-15-17-13-22-24(14-17)18-9-5-3-6-10-18/h3-14,16,20,23H,15H2,1-2H3/t20-/m0/s1. The summed E-state index contributed by atoms with van der Waals surface area (Å²) in [5.41, 5.74) is 1.59. The molecule has 7 nitrogen and oxygen atoms in total. The molecule has 152 valence electrons. The summed E-state index contributed by atoms with van der Waals surface area (Å²) < 4.78 is 34.6. The molecular formula is C21H23N3O4S.